The second-order valence-corrected chi connectivity index (χ2v) is 7.63. The van der Waals surface area contributed by atoms with Gasteiger partial charge in [0.2, 0.25) is 11.0 Å². The predicted octanol–water partition coefficient (Wildman–Crippen LogP) is 4.08. The molecule has 0 atom stereocenters. The van der Waals surface area contributed by atoms with E-state index in [2.05, 4.69) is 36.0 Å². The van der Waals surface area contributed by atoms with E-state index in [1.807, 2.05) is 35.0 Å². The van der Waals surface area contributed by atoms with E-state index >= 15 is 0 Å². The van der Waals surface area contributed by atoms with Crippen LogP contribution in [0, 0.1) is 0 Å². The Morgan fingerprint density at radius 2 is 2.17 bits per heavy atom. The quantitative estimate of drug-likeness (QED) is 0.400. The zero-order valence-corrected chi connectivity index (χ0v) is 16.5. The van der Waals surface area contributed by atoms with Crippen LogP contribution in [0.15, 0.2) is 43.0 Å². The number of benzene rings is 1. The highest BCUT2D eigenvalue weighted by molar-refractivity contribution is 7.18. The number of amides is 1. The standard InChI is InChI=1S/C18H13ClN8OS/c1-9(28)22-14-6-10(8-27-5-4-20-16(14)27)17-25-26-18(29-17)23-13-3-2-12-11(15(13)19)7-21-24-12/h2-8H,1H3,(H,21,24)(H,22,28)(H,23,26). The van der Waals surface area contributed by atoms with Crippen LogP contribution in [0.3, 0.4) is 0 Å². The molecule has 4 aromatic heterocycles. The summed E-state index contributed by atoms with van der Waals surface area (Å²) in [5.41, 5.74) is 3.65. The van der Waals surface area contributed by atoms with Gasteiger partial charge in [0.1, 0.15) is 0 Å². The molecule has 3 N–H and O–H groups in total. The molecule has 0 unspecified atom stereocenters. The van der Waals surface area contributed by atoms with E-state index in [4.69, 9.17) is 11.6 Å². The van der Waals surface area contributed by atoms with E-state index in [-0.39, 0.29) is 5.91 Å². The molecule has 11 heteroatoms. The summed E-state index contributed by atoms with van der Waals surface area (Å²) in [6.07, 6.45) is 7.05. The van der Waals surface area contributed by atoms with Crippen LogP contribution in [0.25, 0.3) is 27.1 Å². The van der Waals surface area contributed by atoms with E-state index in [1.165, 1.54) is 18.3 Å². The second kappa shape index (κ2) is 6.83. The highest BCUT2D eigenvalue weighted by Gasteiger charge is 2.14. The van der Waals surface area contributed by atoms with Gasteiger partial charge in [-0.15, -0.1) is 10.2 Å². The number of nitrogens with one attached hydrogen (secondary N) is 3. The van der Waals surface area contributed by atoms with Crippen LogP contribution >= 0.6 is 22.9 Å². The molecule has 0 aliphatic heterocycles. The van der Waals surface area contributed by atoms with Gasteiger partial charge in [-0.3, -0.25) is 9.89 Å². The fraction of sp³-hybridized carbons (Fsp3) is 0.0556. The lowest BCUT2D eigenvalue weighted by Gasteiger charge is -2.07. The van der Waals surface area contributed by atoms with Gasteiger partial charge in [-0.1, -0.05) is 22.9 Å². The van der Waals surface area contributed by atoms with E-state index in [9.17, 15) is 4.79 Å². The number of hydrogen-bond acceptors (Lipinski definition) is 7. The summed E-state index contributed by atoms with van der Waals surface area (Å²) in [6.45, 7) is 1.46. The van der Waals surface area contributed by atoms with Crippen LogP contribution in [0.4, 0.5) is 16.5 Å². The molecule has 0 saturated heterocycles. The molecule has 0 spiro atoms. The first-order chi connectivity index (χ1) is 14.1. The summed E-state index contributed by atoms with van der Waals surface area (Å²) < 4.78 is 1.83. The second-order valence-electron chi connectivity index (χ2n) is 6.28. The third-order valence-electron chi connectivity index (χ3n) is 4.27. The molecule has 0 aliphatic carbocycles. The zero-order chi connectivity index (χ0) is 20.0. The molecule has 1 amide bonds. The smallest absolute Gasteiger partial charge is 0.221 e. The maximum atomic E-state index is 11.5. The first kappa shape index (κ1) is 17.6. The van der Waals surface area contributed by atoms with Crippen LogP contribution in [0.2, 0.25) is 5.02 Å². The van der Waals surface area contributed by atoms with E-state index < -0.39 is 0 Å². The van der Waals surface area contributed by atoms with Crippen LogP contribution < -0.4 is 10.6 Å². The predicted molar refractivity (Wildman–Crippen MR) is 113 cm³/mol. The average molecular weight is 425 g/mol. The van der Waals surface area contributed by atoms with Gasteiger partial charge in [0.05, 0.1) is 28.1 Å². The Morgan fingerprint density at radius 3 is 3.03 bits per heavy atom. The molecule has 0 saturated carbocycles. The monoisotopic (exact) mass is 424 g/mol. The summed E-state index contributed by atoms with van der Waals surface area (Å²) in [7, 11) is 0. The van der Waals surface area contributed by atoms with Crippen LogP contribution in [0.1, 0.15) is 6.92 Å². The molecule has 4 heterocycles. The molecule has 1 aromatic carbocycles. The number of carbonyl (C=O) groups excluding carboxylic acids is 1. The number of nitrogens with zero attached hydrogens (tertiary/aromatic N) is 5. The fourth-order valence-electron chi connectivity index (χ4n) is 3.02. The minimum Gasteiger partial charge on any atom is -0.329 e. The van der Waals surface area contributed by atoms with Crippen LogP contribution in [-0.4, -0.2) is 35.7 Å². The van der Waals surface area contributed by atoms with Gasteiger partial charge in [0.15, 0.2) is 10.7 Å². The number of carbonyl (C=O) groups is 1. The summed E-state index contributed by atoms with van der Waals surface area (Å²) in [5.74, 6) is -0.170. The number of aromatic amines is 1. The number of H-pyrrole nitrogens is 1. The molecule has 0 fully saturated rings. The van der Waals surface area contributed by atoms with Crippen LogP contribution in [-0.2, 0) is 4.79 Å². The molecule has 0 aliphatic rings. The minimum atomic E-state index is -0.170. The number of halogens is 1. The van der Waals surface area contributed by atoms with Crippen molar-refractivity contribution in [2.24, 2.45) is 0 Å². The van der Waals surface area contributed by atoms with E-state index in [0.717, 1.165) is 16.5 Å². The van der Waals surface area contributed by atoms with Crippen molar-refractivity contribution in [2.45, 2.75) is 6.92 Å². The normalized spacial score (nSPS) is 11.2. The van der Waals surface area contributed by atoms with E-state index in [0.29, 0.717) is 32.2 Å². The van der Waals surface area contributed by atoms with Crippen molar-refractivity contribution in [3.63, 3.8) is 0 Å². The molecule has 5 aromatic rings. The number of pyridine rings is 1. The molecule has 144 valence electrons. The summed E-state index contributed by atoms with van der Waals surface area (Å²) in [6, 6.07) is 5.58. The Bertz CT molecular complexity index is 1370. The maximum absolute atomic E-state index is 11.5. The summed E-state index contributed by atoms with van der Waals surface area (Å²) in [4.78, 5) is 15.8. The molecule has 9 nitrogen and oxygen atoms in total. The lowest BCUT2D eigenvalue weighted by Crippen LogP contribution is -2.07. The van der Waals surface area contributed by atoms with E-state index in [1.54, 1.807) is 12.4 Å². The Labute approximate surface area is 172 Å². The lowest BCUT2D eigenvalue weighted by atomic mass is 10.2. The number of imidazole rings is 1. The Hall–Kier alpha value is -3.50. The minimum absolute atomic E-state index is 0.170. The zero-order valence-electron chi connectivity index (χ0n) is 15.0. The first-order valence-corrected chi connectivity index (χ1v) is 9.75. The molecule has 0 radical (unpaired) electrons. The topological polar surface area (TPSA) is 113 Å². The summed E-state index contributed by atoms with van der Waals surface area (Å²) >= 11 is 7.84. The Balaban J connectivity index is 1.49. The van der Waals surface area contributed by atoms with Crippen molar-refractivity contribution in [3.05, 3.63) is 48.0 Å². The van der Waals surface area contributed by atoms with Gasteiger partial charge >= 0.3 is 0 Å². The summed E-state index contributed by atoms with van der Waals surface area (Å²) in [5, 5.41) is 24.1. The SMILES string of the molecule is CC(=O)Nc1cc(-c2nnc(Nc3ccc4[nH]ncc4c3Cl)s2)cn2ccnc12. The van der Waals surface area contributed by atoms with Gasteiger partial charge in [-0.2, -0.15) is 5.10 Å². The Kier molecular flexibility index (Phi) is 4.14. The van der Waals surface area contributed by atoms with Gasteiger partial charge in [0.25, 0.3) is 0 Å². The van der Waals surface area contributed by atoms with Crippen molar-refractivity contribution in [2.75, 3.05) is 10.6 Å². The van der Waals surface area contributed by atoms with Gasteiger partial charge in [-0.25, -0.2) is 4.98 Å². The highest BCUT2D eigenvalue weighted by atomic mass is 35.5. The van der Waals surface area contributed by atoms with Crippen LogP contribution in [0.5, 0.6) is 0 Å². The maximum Gasteiger partial charge on any atom is 0.221 e. The largest absolute Gasteiger partial charge is 0.329 e. The highest BCUT2D eigenvalue weighted by Crippen LogP contribution is 2.35. The molecule has 29 heavy (non-hydrogen) atoms. The molecular formula is C18H13ClN8OS. The number of anilines is 3. The molecule has 0 bridgehead atoms. The van der Waals surface area contributed by atoms with Crippen molar-refractivity contribution >= 4 is 61.9 Å². The first-order valence-electron chi connectivity index (χ1n) is 8.55. The number of hydrogen-bond donors (Lipinski definition) is 3. The van der Waals surface area contributed by atoms with Crippen molar-refractivity contribution in [1.82, 2.24) is 29.8 Å². The number of fused-ring (bicyclic) bond motifs is 2. The average Bonchev–Trinajstić information content (AvgIpc) is 3.43. The third kappa shape index (κ3) is 3.18. The number of aromatic nitrogens is 6. The lowest BCUT2D eigenvalue weighted by molar-refractivity contribution is -0.114. The molecular weight excluding hydrogens is 412 g/mol. The van der Waals surface area contributed by atoms with Crippen molar-refractivity contribution in [1.29, 1.82) is 0 Å². The van der Waals surface area contributed by atoms with Gasteiger partial charge in [-0.05, 0) is 18.2 Å². The Morgan fingerprint density at radius 1 is 1.28 bits per heavy atom. The third-order valence-corrected chi connectivity index (χ3v) is 5.57. The van der Waals surface area contributed by atoms with Crippen molar-refractivity contribution < 1.29 is 4.79 Å². The molecule has 5 rings (SSSR count). The van der Waals surface area contributed by atoms with Gasteiger partial charge in [0, 0.05) is 36.5 Å². The number of rotatable bonds is 4. The fourth-order valence-corrected chi connectivity index (χ4v) is 4.01. The van der Waals surface area contributed by atoms with Crippen molar-refractivity contribution in [3.8, 4) is 10.6 Å². The van der Waals surface area contributed by atoms with Gasteiger partial charge < -0.3 is 15.0 Å².